The number of aliphatic hydroxyl groups is 1. The fourth-order valence-electron chi connectivity index (χ4n) is 1.96. The van der Waals surface area contributed by atoms with Gasteiger partial charge in [-0.05, 0) is 18.2 Å². The number of hydrogen-bond acceptors (Lipinski definition) is 4. The van der Waals surface area contributed by atoms with Gasteiger partial charge in [-0.2, -0.15) is 0 Å². The van der Waals surface area contributed by atoms with Gasteiger partial charge >= 0.3 is 0 Å². The van der Waals surface area contributed by atoms with E-state index >= 15 is 0 Å². The van der Waals surface area contributed by atoms with Crippen molar-refractivity contribution in [1.82, 2.24) is 0 Å². The van der Waals surface area contributed by atoms with Crippen molar-refractivity contribution >= 4 is 23.6 Å². The van der Waals surface area contributed by atoms with Gasteiger partial charge in [0.1, 0.15) is 0 Å². The van der Waals surface area contributed by atoms with Gasteiger partial charge in [0.25, 0.3) is 0 Å². The minimum atomic E-state index is -0.195. The highest BCUT2D eigenvalue weighted by molar-refractivity contribution is 6.31. The highest BCUT2D eigenvalue weighted by atomic mass is 35.5. The van der Waals surface area contributed by atoms with Crippen LogP contribution in [0.5, 0.6) is 0 Å². The van der Waals surface area contributed by atoms with Gasteiger partial charge in [-0.1, -0.05) is 11.6 Å². The summed E-state index contributed by atoms with van der Waals surface area (Å²) < 4.78 is 5.37. The van der Waals surface area contributed by atoms with Crippen LogP contribution in [0.3, 0.4) is 0 Å². The first kappa shape index (κ1) is 12.4. The maximum atomic E-state index is 11.0. The second kappa shape index (κ2) is 5.49. The number of hydrogen-bond donors (Lipinski definition) is 1. The fourth-order valence-corrected chi connectivity index (χ4v) is 2.14. The lowest BCUT2D eigenvalue weighted by Crippen LogP contribution is -2.44. The van der Waals surface area contributed by atoms with Crippen LogP contribution < -0.4 is 4.90 Å². The van der Waals surface area contributed by atoms with Crippen molar-refractivity contribution in [1.29, 1.82) is 0 Å². The lowest BCUT2D eigenvalue weighted by Gasteiger charge is -2.34. The molecule has 1 aromatic rings. The molecule has 1 aromatic carbocycles. The first-order chi connectivity index (χ1) is 8.24. The molecule has 17 heavy (non-hydrogen) atoms. The molecule has 92 valence electrons. The van der Waals surface area contributed by atoms with Gasteiger partial charge in [0.2, 0.25) is 0 Å². The van der Waals surface area contributed by atoms with Gasteiger partial charge < -0.3 is 14.7 Å². The van der Waals surface area contributed by atoms with Crippen LogP contribution in [0.25, 0.3) is 0 Å². The van der Waals surface area contributed by atoms with Crippen LogP contribution in [-0.4, -0.2) is 43.8 Å². The summed E-state index contributed by atoms with van der Waals surface area (Å²) in [6.45, 7) is 1.82. The number of benzene rings is 1. The molecule has 0 bridgehead atoms. The maximum Gasteiger partial charge on any atom is 0.152 e. The summed E-state index contributed by atoms with van der Waals surface area (Å²) in [7, 11) is 0. The van der Waals surface area contributed by atoms with Crippen molar-refractivity contribution in [3.63, 3.8) is 0 Å². The lowest BCUT2D eigenvalue weighted by molar-refractivity contribution is 0.00354. The molecular formula is C12H14ClNO3. The van der Waals surface area contributed by atoms with Gasteiger partial charge in [-0.15, -0.1) is 0 Å². The van der Waals surface area contributed by atoms with Crippen molar-refractivity contribution in [2.45, 2.75) is 6.10 Å². The molecule has 0 aromatic heterocycles. The third-order valence-corrected chi connectivity index (χ3v) is 3.03. The van der Waals surface area contributed by atoms with Crippen molar-refractivity contribution in [2.24, 2.45) is 0 Å². The standard InChI is InChI=1S/C12H14ClNO3/c13-10-1-2-12(9(5-10)7-15)14-3-4-17-11(6-14)8-16/h1-2,5,7,11,16H,3-4,6,8H2. The van der Waals surface area contributed by atoms with E-state index in [1.807, 2.05) is 11.0 Å². The van der Waals surface area contributed by atoms with Crippen LogP contribution in [0.4, 0.5) is 5.69 Å². The summed E-state index contributed by atoms with van der Waals surface area (Å²) in [4.78, 5) is 13.0. The number of aldehydes is 1. The van der Waals surface area contributed by atoms with Crippen LogP contribution in [0.2, 0.25) is 5.02 Å². The molecule has 0 spiro atoms. The number of ether oxygens (including phenoxy) is 1. The van der Waals surface area contributed by atoms with Gasteiger partial charge in [-0.3, -0.25) is 4.79 Å². The zero-order chi connectivity index (χ0) is 12.3. The molecule has 2 rings (SSSR count). The molecule has 4 nitrogen and oxygen atoms in total. The Balaban J connectivity index is 2.23. The summed E-state index contributed by atoms with van der Waals surface area (Å²) in [6, 6.07) is 5.23. The normalized spacial score (nSPS) is 20.4. The van der Waals surface area contributed by atoms with E-state index in [9.17, 15) is 4.79 Å². The van der Waals surface area contributed by atoms with Gasteiger partial charge in [0, 0.05) is 29.4 Å². The van der Waals surface area contributed by atoms with E-state index in [4.69, 9.17) is 21.4 Å². The Morgan fingerprint density at radius 2 is 2.41 bits per heavy atom. The van der Waals surface area contributed by atoms with E-state index in [2.05, 4.69) is 0 Å². The number of aliphatic hydroxyl groups excluding tert-OH is 1. The third kappa shape index (κ3) is 2.77. The van der Waals surface area contributed by atoms with E-state index in [-0.39, 0.29) is 12.7 Å². The molecule has 1 saturated heterocycles. The van der Waals surface area contributed by atoms with Gasteiger partial charge in [0.05, 0.1) is 19.3 Å². The number of rotatable bonds is 3. The van der Waals surface area contributed by atoms with Crippen molar-refractivity contribution in [2.75, 3.05) is 31.2 Å². The molecule has 0 saturated carbocycles. The zero-order valence-electron chi connectivity index (χ0n) is 9.30. The number of carbonyl (C=O) groups excluding carboxylic acids is 1. The molecule has 1 unspecified atom stereocenters. The Kier molecular flexibility index (Phi) is 3.99. The molecule has 1 aliphatic rings. The van der Waals surface area contributed by atoms with Crippen molar-refractivity contribution < 1.29 is 14.6 Å². The maximum absolute atomic E-state index is 11.0. The molecular weight excluding hydrogens is 242 g/mol. The Labute approximate surface area is 105 Å². The molecule has 1 heterocycles. The SMILES string of the molecule is O=Cc1cc(Cl)ccc1N1CCOC(CO)C1. The molecule has 1 aliphatic heterocycles. The minimum Gasteiger partial charge on any atom is -0.394 e. The molecule has 0 amide bonds. The summed E-state index contributed by atoms with van der Waals surface area (Å²) in [5, 5.41) is 9.63. The smallest absolute Gasteiger partial charge is 0.152 e. The van der Waals surface area contributed by atoms with Crippen LogP contribution >= 0.6 is 11.6 Å². The molecule has 1 N–H and O–H groups in total. The first-order valence-corrected chi connectivity index (χ1v) is 5.84. The Morgan fingerprint density at radius 3 is 3.12 bits per heavy atom. The minimum absolute atomic E-state index is 0.0134. The Hall–Kier alpha value is -1.10. The number of anilines is 1. The topological polar surface area (TPSA) is 49.8 Å². The highest BCUT2D eigenvalue weighted by Crippen LogP contribution is 2.24. The highest BCUT2D eigenvalue weighted by Gasteiger charge is 2.21. The van der Waals surface area contributed by atoms with Crippen molar-refractivity contribution in [3.05, 3.63) is 28.8 Å². The van der Waals surface area contributed by atoms with Gasteiger partial charge in [0.15, 0.2) is 6.29 Å². The number of carbonyl (C=O) groups is 1. The van der Waals surface area contributed by atoms with Crippen LogP contribution in [0.15, 0.2) is 18.2 Å². The fraction of sp³-hybridized carbons (Fsp3) is 0.417. The predicted molar refractivity (Wildman–Crippen MR) is 65.9 cm³/mol. The van der Waals surface area contributed by atoms with E-state index in [0.717, 1.165) is 12.0 Å². The van der Waals surface area contributed by atoms with E-state index in [1.165, 1.54) is 0 Å². The largest absolute Gasteiger partial charge is 0.394 e. The summed E-state index contributed by atoms with van der Waals surface area (Å²) in [5.74, 6) is 0. The van der Waals surface area contributed by atoms with E-state index in [0.29, 0.717) is 30.3 Å². The number of morpholine rings is 1. The van der Waals surface area contributed by atoms with Crippen molar-refractivity contribution in [3.8, 4) is 0 Å². The average Bonchev–Trinajstić information content (AvgIpc) is 2.38. The first-order valence-electron chi connectivity index (χ1n) is 5.46. The lowest BCUT2D eigenvalue weighted by atomic mass is 10.1. The Bertz CT molecular complexity index is 411. The second-order valence-electron chi connectivity index (χ2n) is 3.94. The quantitative estimate of drug-likeness (QED) is 0.829. The average molecular weight is 256 g/mol. The molecule has 1 atom stereocenters. The molecule has 0 aliphatic carbocycles. The molecule has 5 heteroatoms. The molecule has 1 fully saturated rings. The number of nitrogens with zero attached hydrogens (tertiary/aromatic N) is 1. The van der Waals surface area contributed by atoms with Crippen LogP contribution in [0, 0.1) is 0 Å². The monoisotopic (exact) mass is 255 g/mol. The molecule has 0 radical (unpaired) electrons. The summed E-state index contributed by atoms with van der Waals surface area (Å²) in [6.07, 6.45) is 0.601. The van der Waals surface area contributed by atoms with E-state index in [1.54, 1.807) is 12.1 Å². The number of halogens is 1. The summed E-state index contributed by atoms with van der Waals surface area (Å²) >= 11 is 5.85. The summed E-state index contributed by atoms with van der Waals surface area (Å²) in [5.41, 5.74) is 1.40. The van der Waals surface area contributed by atoms with Crippen LogP contribution in [0.1, 0.15) is 10.4 Å². The third-order valence-electron chi connectivity index (χ3n) is 2.80. The second-order valence-corrected chi connectivity index (χ2v) is 4.38. The Morgan fingerprint density at radius 1 is 1.59 bits per heavy atom. The predicted octanol–water partition coefficient (Wildman–Crippen LogP) is 1.35. The zero-order valence-corrected chi connectivity index (χ0v) is 10.1. The van der Waals surface area contributed by atoms with E-state index < -0.39 is 0 Å². The van der Waals surface area contributed by atoms with Gasteiger partial charge in [-0.25, -0.2) is 0 Å². The van der Waals surface area contributed by atoms with Crippen LogP contribution in [-0.2, 0) is 4.74 Å².